The van der Waals surface area contributed by atoms with E-state index in [-0.39, 0.29) is 11.9 Å². The van der Waals surface area contributed by atoms with E-state index in [1.807, 2.05) is 13.8 Å². The predicted molar refractivity (Wildman–Crippen MR) is 80.5 cm³/mol. The smallest absolute Gasteiger partial charge is 0.234 e. The number of carbonyl (C=O) groups is 1. The van der Waals surface area contributed by atoms with Gasteiger partial charge in [0.1, 0.15) is 0 Å². The summed E-state index contributed by atoms with van der Waals surface area (Å²) in [7, 11) is 0. The van der Waals surface area contributed by atoms with Crippen LogP contribution in [0.5, 0.6) is 0 Å². The van der Waals surface area contributed by atoms with E-state index in [2.05, 4.69) is 17.1 Å². The van der Waals surface area contributed by atoms with Crippen molar-refractivity contribution < 1.29 is 9.90 Å². The van der Waals surface area contributed by atoms with Crippen LogP contribution < -0.4 is 5.32 Å². The third kappa shape index (κ3) is 4.19. The molecule has 116 valence electrons. The first-order valence-corrected chi connectivity index (χ1v) is 8.12. The first kappa shape index (κ1) is 15.8. The predicted octanol–water partition coefficient (Wildman–Crippen LogP) is 1.92. The molecule has 1 saturated heterocycles. The van der Waals surface area contributed by atoms with E-state index in [1.54, 1.807) is 0 Å². The number of carbonyl (C=O) groups excluding carboxylic acids is 1. The summed E-state index contributed by atoms with van der Waals surface area (Å²) in [5.74, 6) is 0.932. The van der Waals surface area contributed by atoms with Gasteiger partial charge in [-0.15, -0.1) is 0 Å². The maximum absolute atomic E-state index is 12.2. The molecule has 2 fully saturated rings. The molecule has 0 aromatic carbocycles. The van der Waals surface area contributed by atoms with Crippen LogP contribution in [0, 0.1) is 5.92 Å². The molecule has 20 heavy (non-hydrogen) atoms. The summed E-state index contributed by atoms with van der Waals surface area (Å²) in [5.41, 5.74) is -0.725. The molecule has 1 saturated carbocycles. The molecule has 1 aliphatic heterocycles. The topological polar surface area (TPSA) is 52.6 Å². The van der Waals surface area contributed by atoms with E-state index < -0.39 is 5.60 Å². The van der Waals surface area contributed by atoms with Crippen LogP contribution in [0.4, 0.5) is 0 Å². The SMILES string of the molecule is CC1CCC(NC(=O)CN2CCCC2C(C)(C)O)CC1. The number of rotatable bonds is 4. The van der Waals surface area contributed by atoms with Crippen molar-refractivity contribution in [3.8, 4) is 0 Å². The van der Waals surface area contributed by atoms with Gasteiger partial charge in [-0.05, 0) is 64.8 Å². The van der Waals surface area contributed by atoms with Gasteiger partial charge in [0.2, 0.25) is 5.91 Å². The van der Waals surface area contributed by atoms with E-state index in [0.717, 1.165) is 38.1 Å². The lowest BCUT2D eigenvalue weighted by Gasteiger charge is -2.34. The fourth-order valence-corrected chi connectivity index (χ4v) is 3.68. The van der Waals surface area contributed by atoms with Crippen molar-refractivity contribution in [2.75, 3.05) is 13.1 Å². The Bertz CT molecular complexity index is 330. The number of aliphatic hydroxyl groups is 1. The van der Waals surface area contributed by atoms with Gasteiger partial charge in [0, 0.05) is 12.1 Å². The Hall–Kier alpha value is -0.610. The quantitative estimate of drug-likeness (QED) is 0.828. The Morgan fingerprint density at radius 2 is 1.90 bits per heavy atom. The van der Waals surface area contributed by atoms with Crippen LogP contribution in [0.15, 0.2) is 0 Å². The second-order valence-corrected chi connectivity index (χ2v) is 7.31. The molecule has 4 nitrogen and oxygen atoms in total. The van der Waals surface area contributed by atoms with Gasteiger partial charge in [-0.2, -0.15) is 0 Å². The minimum atomic E-state index is -0.725. The number of likely N-dealkylation sites (tertiary alicyclic amines) is 1. The fraction of sp³-hybridized carbons (Fsp3) is 0.938. The Balaban J connectivity index is 1.79. The van der Waals surface area contributed by atoms with E-state index in [0.29, 0.717) is 12.6 Å². The summed E-state index contributed by atoms with van der Waals surface area (Å²) >= 11 is 0. The number of nitrogens with one attached hydrogen (secondary N) is 1. The van der Waals surface area contributed by atoms with Gasteiger partial charge in [-0.25, -0.2) is 0 Å². The van der Waals surface area contributed by atoms with Crippen molar-refractivity contribution in [3.63, 3.8) is 0 Å². The molecule has 0 radical (unpaired) electrons. The second-order valence-electron chi connectivity index (χ2n) is 7.31. The molecular weight excluding hydrogens is 252 g/mol. The summed E-state index contributed by atoms with van der Waals surface area (Å²) in [5, 5.41) is 13.4. The van der Waals surface area contributed by atoms with Gasteiger partial charge in [0.05, 0.1) is 12.1 Å². The fourth-order valence-electron chi connectivity index (χ4n) is 3.68. The lowest BCUT2D eigenvalue weighted by atomic mass is 9.87. The van der Waals surface area contributed by atoms with Crippen molar-refractivity contribution in [3.05, 3.63) is 0 Å². The highest BCUT2D eigenvalue weighted by Gasteiger charge is 2.36. The molecular formula is C16H30N2O2. The van der Waals surface area contributed by atoms with Crippen molar-refractivity contribution in [2.24, 2.45) is 5.92 Å². The van der Waals surface area contributed by atoms with E-state index >= 15 is 0 Å². The molecule has 2 aliphatic rings. The average molecular weight is 282 g/mol. The summed E-state index contributed by atoms with van der Waals surface area (Å²) in [6.45, 7) is 7.33. The van der Waals surface area contributed by atoms with Crippen LogP contribution in [0.3, 0.4) is 0 Å². The lowest BCUT2D eigenvalue weighted by molar-refractivity contribution is -0.124. The molecule has 0 aromatic heterocycles. The molecule has 4 heteroatoms. The van der Waals surface area contributed by atoms with E-state index in [4.69, 9.17) is 0 Å². The summed E-state index contributed by atoms with van der Waals surface area (Å²) in [6, 6.07) is 0.474. The van der Waals surface area contributed by atoms with Gasteiger partial charge in [0.25, 0.3) is 0 Å². The zero-order valence-corrected chi connectivity index (χ0v) is 13.2. The second kappa shape index (κ2) is 6.44. The van der Waals surface area contributed by atoms with Crippen LogP contribution in [0.2, 0.25) is 0 Å². The zero-order valence-electron chi connectivity index (χ0n) is 13.2. The normalized spacial score (nSPS) is 32.3. The van der Waals surface area contributed by atoms with E-state index in [1.165, 1.54) is 12.8 Å². The number of amides is 1. The zero-order chi connectivity index (χ0) is 14.8. The van der Waals surface area contributed by atoms with Crippen molar-refractivity contribution in [1.29, 1.82) is 0 Å². The van der Waals surface area contributed by atoms with Crippen LogP contribution in [-0.4, -0.2) is 46.7 Å². The van der Waals surface area contributed by atoms with Gasteiger partial charge in [0.15, 0.2) is 0 Å². The molecule has 1 unspecified atom stereocenters. The number of hydrogen-bond acceptors (Lipinski definition) is 3. The third-order valence-electron chi connectivity index (χ3n) is 4.91. The summed E-state index contributed by atoms with van der Waals surface area (Å²) in [6.07, 6.45) is 6.73. The van der Waals surface area contributed by atoms with Crippen molar-refractivity contribution in [1.82, 2.24) is 10.2 Å². The summed E-state index contributed by atoms with van der Waals surface area (Å²) in [4.78, 5) is 14.3. The van der Waals surface area contributed by atoms with Crippen molar-refractivity contribution >= 4 is 5.91 Å². The number of nitrogens with zero attached hydrogens (tertiary/aromatic N) is 1. The molecule has 0 spiro atoms. The highest BCUT2D eigenvalue weighted by atomic mass is 16.3. The Kier molecular flexibility index (Phi) is 5.08. The maximum Gasteiger partial charge on any atom is 0.234 e. The Morgan fingerprint density at radius 1 is 1.25 bits per heavy atom. The van der Waals surface area contributed by atoms with Crippen molar-refractivity contribution in [2.45, 2.75) is 77.0 Å². The van der Waals surface area contributed by atoms with Crippen LogP contribution >= 0.6 is 0 Å². The molecule has 1 atom stereocenters. The highest BCUT2D eigenvalue weighted by Crippen LogP contribution is 2.27. The average Bonchev–Trinajstić information content (AvgIpc) is 2.80. The van der Waals surface area contributed by atoms with Gasteiger partial charge >= 0.3 is 0 Å². The minimum absolute atomic E-state index is 0.111. The highest BCUT2D eigenvalue weighted by molar-refractivity contribution is 5.78. The monoisotopic (exact) mass is 282 g/mol. The van der Waals surface area contributed by atoms with Gasteiger partial charge in [-0.3, -0.25) is 9.69 Å². The molecule has 1 amide bonds. The molecule has 1 heterocycles. The van der Waals surface area contributed by atoms with Gasteiger partial charge in [-0.1, -0.05) is 6.92 Å². The largest absolute Gasteiger partial charge is 0.389 e. The molecule has 2 N–H and O–H groups in total. The van der Waals surface area contributed by atoms with Crippen LogP contribution in [0.25, 0.3) is 0 Å². The molecule has 1 aliphatic carbocycles. The standard InChI is InChI=1S/C16H30N2O2/c1-12-6-8-13(9-7-12)17-15(19)11-18-10-4-5-14(18)16(2,3)20/h12-14,20H,4-11H2,1-3H3,(H,17,19). The third-order valence-corrected chi connectivity index (χ3v) is 4.91. The first-order valence-electron chi connectivity index (χ1n) is 8.12. The van der Waals surface area contributed by atoms with Crippen LogP contribution in [0.1, 0.15) is 59.3 Å². The number of hydrogen-bond donors (Lipinski definition) is 2. The lowest BCUT2D eigenvalue weighted by Crippen LogP contribution is -2.50. The van der Waals surface area contributed by atoms with E-state index in [9.17, 15) is 9.90 Å². The maximum atomic E-state index is 12.2. The summed E-state index contributed by atoms with van der Waals surface area (Å²) < 4.78 is 0. The Morgan fingerprint density at radius 3 is 2.50 bits per heavy atom. The first-order chi connectivity index (χ1) is 9.36. The molecule has 0 aromatic rings. The minimum Gasteiger partial charge on any atom is -0.389 e. The van der Waals surface area contributed by atoms with Crippen LogP contribution in [-0.2, 0) is 4.79 Å². The molecule has 2 rings (SSSR count). The van der Waals surface area contributed by atoms with Gasteiger partial charge < -0.3 is 10.4 Å². The molecule has 0 bridgehead atoms. The Labute approximate surface area is 122 Å².